The second kappa shape index (κ2) is 9.77. The van der Waals surface area contributed by atoms with Crippen LogP contribution in [0.1, 0.15) is 12.6 Å². The van der Waals surface area contributed by atoms with E-state index in [1.165, 1.54) is 13.3 Å². The molecule has 0 radical (unpaired) electrons. The average molecular weight is 318 g/mol. The molecule has 1 heterocycles. The number of nitrogens with one attached hydrogen (secondary N) is 2. The maximum atomic E-state index is 10.3. The minimum Gasteiger partial charge on any atom is -0.480 e. The summed E-state index contributed by atoms with van der Waals surface area (Å²) >= 11 is 3.73. The number of carbonyl (C=O) groups excluding carboxylic acids is 1. The quantitative estimate of drug-likeness (QED) is 0.362. The second-order valence-corrected chi connectivity index (χ2v) is 4.36. The van der Waals surface area contributed by atoms with Gasteiger partial charge >= 0.3 is 11.9 Å². The largest absolute Gasteiger partial charge is 0.480 e. The average Bonchev–Trinajstić information content (AvgIpc) is 2.88. The Labute approximate surface area is 126 Å². The topological polar surface area (TPSA) is 158 Å². The van der Waals surface area contributed by atoms with Crippen LogP contribution in [0.15, 0.2) is 12.5 Å². The fourth-order valence-electron chi connectivity index (χ4n) is 1.15. The van der Waals surface area contributed by atoms with Crippen molar-refractivity contribution in [1.82, 2.24) is 15.3 Å². The molecule has 1 aromatic heterocycles. The molecule has 0 aliphatic heterocycles. The molecule has 10 heteroatoms. The first-order valence-corrected chi connectivity index (χ1v) is 6.47. The molecule has 2 atom stereocenters. The van der Waals surface area contributed by atoms with Gasteiger partial charge in [0.25, 0.3) is 0 Å². The van der Waals surface area contributed by atoms with E-state index >= 15 is 0 Å². The molecule has 1 aromatic rings. The lowest BCUT2D eigenvalue weighted by Crippen LogP contribution is -2.40. The number of nitrogens with zero attached hydrogens (tertiary/aromatic N) is 1. The highest BCUT2D eigenvalue weighted by molar-refractivity contribution is 7.80. The number of hydrogen-bond donors (Lipinski definition) is 6. The number of amides is 1. The van der Waals surface area contributed by atoms with Crippen LogP contribution in [0.3, 0.4) is 0 Å². The van der Waals surface area contributed by atoms with Crippen LogP contribution >= 0.6 is 12.6 Å². The molecule has 9 nitrogen and oxygen atoms in total. The normalized spacial score (nSPS) is 12.5. The highest BCUT2D eigenvalue weighted by atomic mass is 32.1. The fourth-order valence-corrected chi connectivity index (χ4v) is 1.40. The van der Waals surface area contributed by atoms with E-state index in [4.69, 9.17) is 15.9 Å². The summed E-state index contributed by atoms with van der Waals surface area (Å²) in [5.74, 6) is -2.32. The Morgan fingerprint density at radius 1 is 1.43 bits per heavy atom. The molecular formula is C11H18N4O5S. The number of nitrogens with two attached hydrogens (primary N) is 1. The summed E-state index contributed by atoms with van der Waals surface area (Å²) in [7, 11) is 0. The zero-order valence-corrected chi connectivity index (χ0v) is 12.2. The van der Waals surface area contributed by atoms with Gasteiger partial charge in [-0.25, -0.2) is 9.78 Å². The molecule has 0 saturated heterocycles. The molecule has 118 valence electrons. The molecular weight excluding hydrogens is 300 g/mol. The number of imidazole rings is 1. The number of carboxylic acid groups (broad SMARTS) is 2. The van der Waals surface area contributed by atoms with Crippen LogP contribution in [0.5, 0.6) is 0 Å². The van der Waals surface area contributed by atoms with Crippen molar-refractivity contribution in [2.24, 2.45) is 5.73 Å². The molecule has 0 fully saturated rings. The third-order valence-corrected chi connectivity index (χ3v) is 2.54. The van der Waals surface area contributed by atoms with Crippen molar-refractivity contribution >= 4 is 30.5 Å². The number of rotatable bonds is 6. The first-order chi connectivity index (χ1) is 9.77. The van der Waals surface area contributed by atoms with Gasteiger partial charge < -0.3 is 26.2 Å². The van der Waals surface area contributed by atoms with Gasteiger partial charge in [0.1, 0.15) is 12.1 Å². The Bertz CT molecular complexity index is 465. The summed E-state index contributed by atoms with van der Waals surface area (Å²) in [6, 6.07) is -1.73. The van der Waals surface area contributed by atoms with Crippen molar-refractivity contribution in [1.29, 1.82) is 0 Å². The third-order valence-electron chi connectivity index (χ3n) is 2.17. The van der Waals surface area contributed by atoms with Gasteiger partial charge in [-0.2, -0.15) is 12.6 Å². The molecule has 21 heavy (non-hydrogen) atoms. The van der Waals surface area contributed by atoms with E-state index in [1.807, 2.05) is 0 Å². The number of aliphatic carboxylic acids is 2. The molecule has 0 aliphatic carbocycles. The van der Waals surface area contributed by atoms with Gasteiger partial charge in [0, 0.05) is 31.0 Å². The zero-order chi connectivity index (χ0) is 16.4. The van der Waals surface area contributed by atoms with Crippen LogP contribution in [0.4, 0.5) is 0 Å². The highest BCUT2D eigenvalue weighted by Gasteiger charge is 2.15. The fraction of sp³-hybridized carbons (Fsp3) is 0.455. The Morgan fingerprint density at radius 2 is 2.05 bits per heavy atom. The Balaban J connectivity index is 0.000000384. The van der Waals surface area contributed by atoms with E-state index in [9.17, 15) is 14.4 Å². The van der Waals surface area contributed by atoms with Gasteiger partial charge in [-0.1, -0.05) is 0 Å². The van der Waals surface area contributed by atoms with Crippen LogP contribution in [0.25, 0.3) is 0 Å². The predicted octanol–water partition coefficient (Wildman–Crippen LogP) is -1.13. The van der Waals surface area contributed by atoms with E-state index in [-0.39, 0.29) is 18.1 Å². The Morgan fingerprint density at radius 3 is 2.33 bits per heavy atom. The van der Waals surface area contributed by atoms with E-state index < -0.39 is 24.0 Å². The maximum Gasteiger partial charge on any atom is 0.327 e. The van der Waals surface area contributed by atoms with Crippen molar-refractivity contribution in [3.8, 4) is 0 Å². The standard InChI is InChI=1S/C6H9N3O2.C5H9NO3S/c7-5(6(10)11)1-4-2-8-3-9-4;1-3(7)6-4(2-10)5(8)9/h2-3,5H,1,7H2,(H,8,9)(H,10,11);4,10H,2H2,1H3,(H,6,7)(H,8,9)/t;4-/m.0/s1. The number of carboxylic acids is 2. The van der Waals surface area contributed by atoms with Crippen molar-refractivity contribution < 1.29 is 24.6 Å². The summed E-state index contributed by atoms with van der Waals surface area (Å²) < 4.78 is 0. The third kappa shape index (κ3) is 8.65. The Hall–Kier alpha value is -2.07. The minimum absolute atomic E-state index is 0.106. The summed E-state index contributed by atoms with van der Waals surface area (Å²) in [5.41, 5.74) is 6.00. The molecule has 1 rings (SSSR count). The predicted molar refractivity (Wildman–Crippen MR) is 77.0 cm³/mol. The van der Waals surface area contributed by atoms with Crippen molar-refractivity contribution in [2.75, 3.05) is 5.75 Å². The van der Waals surface area contributed by atoms with Crippen molar-refractivity contribution in [3.63, 3.8) is 0 Å². The second-order valence-electron chi connectivity index (χ2n) is 4.00. The number of carbonyl (C=O) groups is 3. The molecule has 0 bridgehead atoms. The van der Waals surface area contributed by atoms with E-state index in [0.29, 0.717) is 0 Å². The van der Waals surface area contributed by atoms with E-state index in [0.717, 1.165) is 5.69 Å². The lowest BCUT2D eigenvalue weighted by Gasteiger charge is -2.08. The van der Waals surface area contributed by atoms with E-state index in [1.54, 1.807) is 6.20 Å². The number of H-pyrrole nitrogens is 1. The molecule has 6 N–H and O–H groups in total. The highest BCUT2D eigenvalue weighted by Crippen LogP contribution is 1.95. The summed E-state index contributed by atoms with van der Waals surface area (Å²) in [6.45, 7) is 1.26. The lowest BCUT2D eigenvalue weighted by atomic mass is 10.2. The first kappa shape index (κ1) is 18.9. The summed E-state index contributed by atoms with van der Waals surface area (Å²) in [6.07, 6.45) is 3.34. The zero-order valence-electron chi connectivity index (χ0n) is 11.3. The molecule has 0 aromatic carbocycles. The number of aromatic amines is 1. The summed E-state index contributed by atoms with van der Waals surface area (Å²) in [4.78, 5) is 37.3. The van der Waals surface area contributed by atoms with Crippen LogP contribution in [-0.2, 0) is 20.8 Å². The SMILES string of the molecule is CC(=O)N[C@@H](CS)C(=O)O.NC(Cc1cnc[nH]1)C(=O)O. The molecule has 0 saturated carbocycles. The Kier molecular flexibility index (Phi) is 8.81. The van der Waals surface area contributed by atoms with E-state index in [2.05, 4.69) is 27.9 Å². The number of aromatic nitrogens is 2. The van der Waals surface area contributed by atoms with Gasteiger partial charge in [-0.15, -0.1) is 0 Å². The maximum absolute atomic E-state index is 10.3. The monoisotopic (exact) mass is 318 g/mol. The van der Waals surface area contributed by atoms with Gasteiger partial charge in [-0.05, 0) is 0 Å². The van der Waals surface area contributed by atoms with Gasteiger partial charge in [-0.3, -0.25) is 9.59 Å². The summed E-state index contributed by atoms with van der Waals surface area (Å²) in [5, 5.41) is 19.0. The molecule has 1 unspecified atom stereocenters. The number of hydrogen-bond acceptors (Lipinski definition) is 6. The molecule has 0 aliphatic rings. The van der Waals surface area contributed by atoms with Crippen molar-refractivity contribution in [3.05, 3.63) is 18.2 Å². The smallest absolute Gasteiger partial charge is 0.327 e. The van der Waals surface area contributed by atoms with Gasteiger partial charge in [0.05, 0.1) is 6.33 Å². The number of thiol groups is 1. The van der Waals surface area contributed by atoms with Gasteiger partial charge in [0.2, 0.25) is 5.91 Å². The van der Waals surface area contributed by atoms with Gasteiger partial charge in [0.15, 0.2) is 0 Å². The molecule has 1 amide bonds. The van der Waals surface area contributed by atoms with Crippen LogP contribution < -0.4 is 11.1 Å². The lowest BCUT2D eigenvalue weighted by molar-refractivity contribution is -0.140. The molecule has 0 spiro atoms. The van der Waals surface area contributed by atoms with Crippen molar-refractivity contribution in [2.45, 2.75) is 25.4 Å². The first-order valence-electron chi connectivity index (χ1n) is 5.84. The van der Waals surface area contributed by atoms with Crippen LogP contribution in [0, 0.1) is 0 Å². The van der Waals surface area contributed by atoms with Crippen LogP contribution in [0.2, 0.25) is 0 Å². The van der Waals surface area contributed by atoms with Crippen LogP contribution in [-0.4, -0.2) is 55.9 Å². The minimum atomic E-state index is -1.06.